The second-order valence-corrected chi connectivity index (χ2v) is 9.98. The van der Waals surface area contributed by atoms with Gasteiger partial charge in [-0.25, -0.2) is 9.97 Å². The van der Waals surface area contributed by atoms with Gasteiger partial charge in [-0.1, -0.05) is 12.1 Å². The van der Waals surface area contributed by atoms with Gasteiger partial charge in [0.15, 0.2) is 0 Å². The van der Waals surface area contributed by atoms with Crippen molar-refractivity contribution in [2.24, 2.45) is 5.92 Å². The molecule has 2 saturated heterocycles. The number of hydrogen-bond donors (Lipinski definition) is 0. The van der Waals surface area contributed by atoms with Crippen LogP contribution < -0.4 is 4.74 Å². The minimum Gasteiger partial charge on any atom is -0.493 e. The van der Waals surface area contributed by atoms with Gasteiger partial charge in [0.2, 0.25) is 5.91 Å². The molecule has 0 spiro atoms. The van der Waals surface area contributed by atoms with Crippen LogP contribution in [0.25, 0.3) is 0 Å². The quantitative estimate of drug-likeness (QED) is 0.487. The number of carbonyl (C=O) groups is 1. The van der Waals surface area contributed by atoms with Gasteiger partial charge in [-0.2, -0.15) is 0 Å². The van der Waals surface area contributed by atoms with Crippen LogP contribution in [0.1, 0.15) is 68.1 Å². The Morgan fingerprint density at radius 3 is 2.68 bits per heavy atom. The zero-order chi connectivity index (χ0) is 23.8. The zero-order valence-electron chi connectivity index (χ0n) is 21.0. The molecule has 2 aromatic rings. The smallest absolute Gasteiger partial charge is 0.219 e. The van der Waals surface area contributed by atoms with Crippen molar-refractivity contribution in [3.63, 3.8) is 0 Å². The number of nitrogens with zero attached hydrogens (tertiary/aromatic N) is 4. The van der Waals surface area contributed by atoms with Crippen LogP contribution in [0, 0.1) is 12.8 Å². The third-order valence-electron chi connectivity index (χ3n) is 7.32. The Bertz CT molecular complexity index is 934. The first kappa shape index (κ1) is 24.6. The molecule has 0 bridgehead atoms. The number of hydrogen-bond acceptors (Lipinski definition) is 5. The molecule has 1 amide bonds. The number of piperidine rings is 1. The van der Waals surface area contributed by atoms with E-state index in [4.69, 9.17) is 9.72 Å². The molecule has 0 aliphatic carbocycles. The van der Waals surface area contributed by atoms with Gasteiger partial charge in [0.1, 0.15) is 11.6 Å². The van der Waals surface area contributed by atoms with E-state index in [2.05, 4.69) is 35.0 Å². The summed E-state index contributed by atoms with van der Waals surface area (Å²) < 4.78 is 6.13. The molecule has 6 heteroatoms. The minimum absolute atomic E-state index is 0.200. The Balaban J connectivity index is 1.26. The topological polar surface area (TPSA) is 58.6 Å². The van der Waals surface area contributed by atoms with Crippen LogP contribution in [0.4, 0.5) is 0 Å². The van der Waals surface area contributed by atoms with Crippen LogP contribution in [0.3, 0.4) is 0 Å². The first-order valence-electron chi connectivity index (χ1n) is 13.1. The summed E-state index contributed by atoms with van der Waals surface area (Å²) in [6.07, 6.45) is 10.7. The van der Waals surface area contributed by atoms with Gasteiger partial charge in [0.05, 0.1) is 6.61 Å². The number of benzene rings is 1. The maximum atomic E-state index is 11.5. The number of aromatic nitrogens is 2. The van der Waals surface area contributed by atoms with Crippen LogP contribution in [0.5, 0.6) is 5.75 Å². The summed E-state index contributed by atoms with van der Waals surface area (Å²) in [7, 11) is 0. The fourth-order valence-corrected chi connectivity index (χ4v) is 5.12. The Hall–Kier alpha value is -2.47. The van der Waals surface area contributed by atoms with E-state index < -0.39 is 0 Å². The molecule has 6 nitrogen and oxygen atoms in total. The molecule has 0 saturated carbocycles. The van der Waals surface area contributed by atoms with E-state index in [1.54, 1.807) is 6.92 Å². The van der Waals surface area contributed by atoms with Gasteiger partial charge in [-0.3, -0.25) is 4.79 Å². The van der Waals surface area contributed by atoms with Crippen molar-refractivity contribution in [2.45, 2.75) is 65.2 Å². The van der Waals surface area contributed by atoms with Crippen molar-refractivity contribution in [1.82, 2.24) is 19.8 Å². The second kappa shape index (κ2) is 12.3. The maximum Gasteiger partial charge on any atom is 0.219 e. The largest absolute Gasteiger partial charge is 0.493 e. The average molecular weight is 465 g/mol. The van der Waals surface area contributed by atoms with Crippen LogP contribution in [0.15, 0.2) is 30.5 Å². The number of carbonyl (C=O) groups excluding carboxylic acids is 1. The van der Waals surface area contributed by atoms with Crippen molar-refractivity contribution in [1.29, 1.82) is 0 Å². The Kier molecular flexibility index (Phi) is 8.91. The van der Waals surface area contributed by atoms with Crippen LogP contribution in [-0.4, -0.2) is 65.0 Å². The van der Waals surface area contributed by atoms with Gasteiger partial charge in [-0.15, -0.1) is 0 Å². The summed E-state index contributed by atoms with van der Waals surface area (Å²) in [5.74, 6) is 2.72. The van der Waals surface area contributed by atoms with Crippen molar-refractivity contribution < 1.29 is 9.53 Å². The highest BCUT2D eigenvalue weighted by atomic mass is 16.5. The molecule has 2 aliphatic heterocycles. The fraction of sp³-hybridized carbons (Fsp3) is 0.607. The fourth-order valence-electron chi connectivity index (χ4n) is 5.12. The molecule has 1 aromatic carbocycles. The SMILES string of the molecule is CC(=O)N1CCC(CCc2ccnc(Cc3ccc(C)c(OCCCN4CCCC4)c3)n2)CC1. The highest BCUT2D eigenvalue weighted by molar-refractivity contribution is 5.73. The predicted octanol–water partition coefficient (Wildman–Crippen LogP) is 4.43. The van der Waals surface area contributed by atoms with E-state index in [1.807, 2.05) is 17.2 Å². The van der Waals surface area contributed by atoms with Crippen molar-refractivity contribution >= 4 is 5.91 Å². The highest BCUT2D eigenvalue weighted by Gasteiger charge is 2.20. The Morgan fingerprint density at radius 2 is 1.91 bits per heavy atom. The molecule has 0 N–H and O–H groups in total. The van der Waals surface area contributed by atoms with E-state index in [1.165, 1.54) is 37.1 Å². The van der Waals surface area contributed by atoms with Gasteiger partial charge < -0.3 is 14.5 Å². The summed E-state index contributed by atoms with van der Waals surface area (Å²) in [6, 6.07) is 8.50. The van der Waals surface area contributed by atoms with Gasteiger partial charge >= 0.3 is 0 Å². The molecule has 0 unspecified atom stereocenters. The molecule has 2 fully saturated rings. The lowest BCUT2D eigenvalue weighted by atomic mass is 9.91. The predicted molar refractivity (Wildman–Crippen MR) is 135 cm³/mol. The molecule has 0 atom stereocenters. The number of likely N-dealkylation sites (tertiary alicyclic amines) is 2. The summed E-state index contributed by atoms with van der Waals surface area (Å²) in [4.78, 5) is 25.4. The van der Waals surface area contributed by atoms with E-state index >= 15 is 0 Å². The third kappa shape index (κ3) is 7.26. The summed E-state index contributed by atoms with van der Waals surface area (Å²) in [5.41, 5.74) is 3.48. The van der Waals surface area contributed by atoms with Gasteiger partial charge in [0, 0.05) is 44.9 Å². The number of rotatable bonds is 10. The van der Waals surface area contributed by atoms with Crippen molar-refractivity contribution in [3.05, 3.63) is 53.1 Å². The minimum atomic E-state index is 0.200. The van der Waals surface area contributed by atoms with Crippen LogP contribution in [-0.2, 0) is 17.6 Å². The standard InChI is InChI=1S/C28H40N4O2/c1-22-6-7-25(20-27(22)34-19-5-16-31-14-3-4-15-31)21-28-29-13-10-26(30-28)9-8-24-11-17-32(18-12-24)23(2)33/h6-7,10,13,20,24H,3-5,8-9,11-12,14-19,21H2,1-2H3. The first-order valence-corrected chi connectivity index (χ1v) is 13.1. The van der Waals surface area contributed by atoms with Gasteiger partial charge in [-0.05, 0) is 94.1 Å². The van der Waals surface area contributed by atoms with Gasteiger partial charge in [0.25, 0.3) is 0 Å². The van der Waals surface area contributed by atoms with E-state index in [-0.39, 0.29) is 5.91 Å². The molecule has 184 valence electrons. The number of ether oxygens (including phenoxy) is 1. The molecule has 1 aromatic heterocycles. The molecule has 0 radical (unpaired) electrons. The summed E-state index contributed by atoms with van der Waals surface area (Å²) in [6.45, 7) is 9.95. The lowest BCUT2D eigenvalue weighted by Crippen LogP contribution is -2.37. The highest BCUT2D eigenvalue weighted by Crippen LogP contribution is 2.23. The number of amides is 1. The third-order valence-corrected chi connectivity index (χ3v) is 7.32. The molecular formula is C28H40N4O2. The summed E-state index contributed by atoms with van der Waals surface area (Å²) in [5, 5.41) is 0. The van der Waals surface area contributed by atoms with Crippen LogP contribution >= 0.6 is 0 Å². The molecular weight excluding hydrogens is 424 g/mol. The van der Waals surface area contributed by atoms with E-state index in [0.717, 1.165) is 82.0 Å². The molecule has 4 rings (SSSR count). The normalized spacial score (nSPS) is 17.3. The van der Waals surface area contributed by atoms with E-state index in [9.17, 15) is 4.79 Å². The summed E-state index contributed by atoms with van der Waals surface area (Å²) >= 11 is 0. The Labute approximate surface area is 204 Å². The first-order chi connectivity index (χ1) is 16.6. The van der Waals surface area contributed by atoms with Crippen molar-refractivity contribution in [3.8, 4) is 5.75 Å². The monoisotopic (exact) mass is 464 g/mol. The molecule has 34 heavy (non-hydrogen) atoms. The average Bonchev–Trinajstić information content (AvgIpc) is 3.36. The van der Waals surface area contributed by atoms with E-state index in [0.29, 0.717) is 5.92 Å². The molecule has 2 aliphatic rings. The molecule has 3 heterocycles. The maximum absolute atomic E-state index is 11.5. The lowest BCUT2D eigenvalue weighted by Gasteiger charge is -2.31. The Morgan fingerprint density at radius 1 is 1.12 bits per heavy atom. The second-order valence-electron chi connectivity index (χ2n) is 9.98. The number of aryl methyl sites for hydroxylation is 2. The van der Waals surface area contributed by atoms with Crippen molar-refractivity contribution in [2.75, 3.05) is 39.3 Å². The lowest BCUT2D eigenvalue weighted by molar-refractivity contribution is -0.130. The zero-order valence-corrected chi connectivity index (χ0v) is 21.0. The van der Waals surface area contributed by atoms with Crippen LogP contribution in [0.2, 0.25) is 0 Å².